The fraction of sp³-hybridized carbons (Fsp3) is 0.179. The minimum absolute atomic E-state index is 0.00137. The first-order valence-electron chi connectivity index (χ1n) is 11.7. The Morgan fingerprint density at radius 2 is 1.97 bits per heavy atom. The van der Waals surface area contributed by atoms with Gasteiger partial charge in [0.15, 0.2) is 0 Å². The Morgan fingerprint density at radius 3 is 2.86 bits per heavy atom. The predicted octanol–water partition coefficient (Wildman–Crippen LogP) is 5.20. The van der Waals surface area contributed by atoms with E-state index in [1.165, 1.54) is 29.2 Å². The van der Waals surface area contributed by atoms with Crippen molar-refractivity contribution in [3.8, 4) is 5.75 Å². The van der Waals surface area contributed by atoms with Crippen molar-refractivity contribution in [2.45, 2.75) is 18.9 Å². The Balaban J connectivity index is 1.40. The monoisotopic (exact) mass is 465 g/mol. The second-order valence-corrected chi connectivity index (χ2v) is 8.90. The molecule has 7 nitrogen and oxygen atoms in total. The van der Waals surface area contributed by atoms with Crippen LogP contribution in [0.15, 0.2) is 72.8 Å². The predicted molar refractivity (Wildman–Crippen MR) is 133 cm³/mol. The maximum Gasteiger partial charge on any atom is 0.270 e. The molecule has 1 atom stereocenters. The highest BCUT2D eigenvalue weighted by molar-refractivity contribution is 5.93. The van der Waals surface area contributed by atoms with E-state index >= 15 is 0 Å². The number of fused-ring (bicyclic) bond motifs is 4. The molecule has 0 radical (unpaired) electrons. The van der Waals surface area contributed by atoms with Gasteiger partial charge in [0.1, 0.15) is 5.75 Å². The van der Waals surface area contributed by atoms with Crippen molar-refractivity contribution in [2.75, 3.05) is 13.2 Å². The molecule has 0 fully saturated rings. The molecule has 3 heterocycles. The van der Waals surface area contributed by atoms with Crippen LogP contribution in [0.4, 0.5) is 5.69 Å². The van der Waals surface area contributed by atoms with E-state index in [2.05, 4.69) is 23.2 Å². The zero-order valence-corrected chi connectivity index (χ0v) is 18.9. The minimum Gasteiger partial charge on any atom is -0.493 e. The molecule has 0 saturated heterocycles. The lowest BCUT2D eigenvalue weighted by Gasteiger charge is -2.36. The highest BCUT2D eigenvalue weighted by atomic mass is 16.6. The van der Waals surface area contributed by atoms with Crippen LogP contribution in [0.1, 0.15) is 34.0 Å². The molecule has 0 aliphatic carbocycles. The molecule has 0 unspecified atom stereocenters. The number of aromatic nitrogens is 1. The van der Waals surface area contributed by atoms with Gasteiger partial charge in [-0.2, -0.15) is 0 Å². The molecule has 1 amide bonds. The molecule has 1 N–H and O–H groups in total. The number of nitro groups is 1. The fourth-order valence-electron chi connectivity index (χ4n) is 5.21. The lowest BCUT2D eigenvalue weighted by molar-refractivity contribution is -0.384. The number of nitro benzene ring substituents is 1. The first-order valence-corrected chi connectivity index (χ1v) is 11.7. The summed E-state index contributed by atoms with van der Waals surface area (Å²) in [6.07, 6.45) is 4.76. The van der Waals surface area contributed by atoms with Gasteiger partial charge in [-0.15, -0.1) is 0 Å². The normalized spacial score (nSPS) is 16.8. The summed E-state index contributed by atoms with van der Waals surface area (Å²) < 4.78 is 5.70. The van der Waals surface area contributed by atoms with Crippen LogP contribution in [0.5, 0.6) is 5.75 Å². The Bertz CT molecular complexity index is 1500. The summed E-state index contributed by atoms with van der Waals surface area (Å²) >= 11 is 0. The fourth-order valence-corrected chi connectivity index (χ4v) is 5.21. The van der Waals surface area contributed by atoms with Crippen LogP contribution in [-0.4, -0.2) is 33.9 Å². The topological polar surface area (TPSA) is 88.5 Å². The van der Waals surface area contributed by atoms with Crippen molar-refractivity contribution in [2.24, 2.45) is 0 Å². The second-order valence-electron chi connectivity index (χ2n) is 8.90. The van der Waals surface area contributed by atoms with Gasteiger partial charge < -0.3 is 14.6 Å². The number of amides is 1. The van der Waals surface area contributed by atoms with E-state index in [-0.39, 0.29) is 17.6 Å². The SMILES string of the molecule is O=C(C=Cc1cccc([N+](=O)[O-])c1)N1CCc2c([nH]c3ccccc23)[C@H]1c1ccc2c(c1)CCO2. The average molecular weight is 466 g/mol. The maximum atomic E-state index is 13.5. The van der Waals surface area contributed by atoms with E-state index in [0.717, 1.165) is 40.9 Å². The molecule has 3 aromatic carbocycles. The summed E-state index contributed by atoms with van der Waals surface area (Å²) in [6.45, 7) is 1.25. The van der Waals surface area contributed by atoms with Gasteiger partial charge in [0, 0.05) is 47.8 Å². The summed E-state index contributed by atoms with van der Waals surface area (Å²) in [7, 11) is 0. The van der Waals surface area contributed by atoms with Gasteiger partial charge in [0.25, 0.3) is 5.69 Å². The number of carbonyl (C=O) groups excluding carboxylic acids is 1. The number of nitrogens with one attached hydrogen (secondary N) is 1. The van der Waals surface area contributed by atoms with E-state index in [1.807, 2.05) is 29.2 Å². The Kier molecular flexibility index (Phi) is 5.10. The first kappa shape index (κ1) is 21.2. The van der Waals surface area contributed by atoms with Gasteiger partial charge in [-0.25, -0.2) is 0 Å². The summed E-state index contributed by atoms with van der Waals surface area (Å²) in [6, 6.07) is 20.4. The number of para-hydroxylation sites is 1. The van der Waals surface area contributed by atoms with Crippen LogP contribution in [-0.2, 0) is 17.6 Å². The van der Waals surface area contributed by atoms with Crippen LogP contribution >= 0.6 is 0 Å². The van der Waals surface area contributed by atoms with Crippen molar-refractivity contribution in [3.63, 3.8) is 0 Å². The number of nitrogens with zero attached hydrogens (tertiary/aromatic N) is 2. The van der Waals surface area contributed by atoms with Crippen molar-refractivity contribution >= 4 is 28.6 Å². The zero-order valence-electron chi connectivity index (χ0n) is 18.9. The number of hydrogen-bond donors (Lipinski definition) is 1. The lowest BCUT2D eigenvalue weighted by Crippen LogP contribution is -2.39. The highest BCUT2D eigenvalue weighted by Crippen LogP contribution is 2.40. The smallest absolute Gasteiger partial charge is 0.270 e. The van der Waals surface area contributed by atoms with Crippen molar-refractivity contribution in [1.82, 2.24) is 9.88 Å². The van der Waals surface area contributed by atoms with Gasteiger partial charge in [0.2, 0.25) is 5.91 Å². The van der Waals surface area contributed by atoms with Crippen LogP contribution in [0.3, 0.4) is 0 Å². The summed E-state index contributed by atoms with van der Waals surface area (Å²) in [4.78, 5) is 29.6. The number of non-ortho nitro benzene ring substituents is 1. The lowest BCUT2D eigenvalue weighted by atomic mass is 9.91. The van der Waals surface area contributed by atoms with Crippen LogP contribution in [0.2, 0.25) is 0 Å². The molecule has 35 heavy (non-hydrogen) atoms. The third-order valence-corrected chi connectivity index (χ3v) is 6.85. The van der Waals surface area contributed by atoms with E-state index in [1.54, 1.807) is 18.2 Å². The second kappa shape index (κ2) is 8.43. The maximum absolute atomic E-state index is 13.5. The van der Waals surface area contributed by atoms with Gasteiger partial charge in [-0.1, -0.05) is 36.4 Å². The average Bonchev–Trinajstić information content (AvgIpc) is 3.50. The third-order valence-electron chi connectivity index (χ3n) is 6.85. The molecule has 2 aliphatic rings. The zero-order chi connectivity index (χ0) is 23.9. The number of H-pyrrole nitrogens is 1. The first-order chi connectivity index (χ1) is 17.1. The van der Waals surface area contributed by atoms with E-state index in [9.17, 15) is 14.9 Å². The number of benzene rings is 3. The summed E-state index contributed by atoms with van der Waals surface area (Å²) in [5, 5.41) is 12.3. The number of ether oxygens (including phenoxy) is 1. The quantitative estimate of drug-likeness (QED) is 0.255. The number of carbonyl (C=O) groups is 1. The molecule has 0 saturated carbocycles. The number of hydrogen-bond acceptors (Lipinski definition) is 4. The van der Waals surface area contributed by atoms with Gasteiger partial charge in [-0.3, -0.25) is 14.9 Å². The van der Waals surface area contributed by atoms with Gasteiger partial charge >= 0.3 is 0 Å². The summed E-state index contributed by atoms with van der Waals surface area (Å²) in [5.41, 5.74) is 6.15. The molecule has 4 aromatic rings. The molecular weight excluding hydrogens is 442 g/mol. The largest absolute Gasteiger partial charge is 0.493 e. The van der Waals surface area contributed by atoms with Gasteiger partial charge in [0.05, 0.1) is 17.6 Å². The molecule has 1 aromatic heterocycles. The molecule has 2 aliphatic heterocycles. The van der Waals surface area contributed by atoms with Crippen LogP contribution in [0, 0.1) is 10.1 Å². The summed E-state index contributed by atoms with van der Waals surface area (Å²) in [5.74, 6) is 0.771. The third kappa shape index (κ3) is 3.75. The molecular formula is C28H23N3O4. The number of rotatable bonds is 4. The molecule has 0 spiro atoms. The Morgan fingerprint density at radius 1 is 1.09 bits per heavy atom. The molecule has 0 bridgehead atoms. The van der Waals surface area contributed by atoms with Crippen molar-refractivity contribution in [3.05, 3.63) is 111 Å². The van der Waals surface area contributed by atoms with Crippen LogP contribution in [0.25, 0.3) is 17.0 Å². The highest BCUT2D eigenvalue weighted by Gasteiger charge is 2.34. The van der Waals surface area contributed by atoms with E-state index in [4.69, 9.17) is 4.74 Å². The number of aromatic amines is 1. The standard InChI is InChI=1S/C28H23N3O4/c32-26(11-8-18-4-3-5-21(16-18)31(33)34)30-14-12-23-22-6-1-2-7-24(22)29-27(23)28(30)20-9-10-25-19(17-20)13-15-35-25/h1-11,16-17,28-29H,12-15H2/t28-/m1/s1. The van der Waals surface area contributed by atoms with Crippen molar-refractivity contribution in [1.29, 1.82) is 0 Å². The Labute approximate surface area is 201 Å². The molecule has 7 heteroatoms. The Hall–Kier alpha value is -4.39. The van der Waals surface area contributed by atoms with Gasteiger partial charge in [-0.05, 0) is 52.9 Å². The minimum atomic E-state index is -0.436. The van der Waals surface area contributed by atoms with E-state index in [0.29, 0.717) is 18.7 Å². The van der Waals surface area contributed by atoms with E-state index < -0.39 is 4.92 Å². The van der Waals surface area contributed by atoms with Crippen LogP contribution < -0.4 is 4.74 Å². The molecule has 174 valence electrons. The molecule has 6 rings (SSSR count). The van der Waals surface area contributed by atoms with Crippen molar-refractivity contribution < 1.29 is 14.5 Å².